The first-order valence-corrected chi connectivity index (χ1v) is 6.86. The monoisotopic (exact) mass is 302 g/mol. The zero-order valence-corrected chi connectivity index (χ0v) is 12.0. The van der Waals surface area contributed by atoms with E-state index in [0.29, 0.717) is 18.1 Å². The summed E-state index contributed by atoms with van der Waals surface area (Å²) in [6, 6.07) is 7.21. The predicted molar refractivity (Wildman–Crippen MR) is 77.0 cm³/mol. The Bertz CT molecular complexity index is 675. The number of rotatable bonds is 3. The number of pyridine rings is 1. The maximum atomic E-state index is 13.0. The summed E-state index contributed by atoms with van der Waals surface area (Å²) in [5, 5.41) is 0. The Balaban J connectivity index is 1.89. The topological polar surface area (TPSA) is 51.7 Å². The molecule has 0 bridgehead atoms. The zero-order chi connectivity index (χ0) is 15.5. The van der Waals surface area contributed by atoms with E-state index in [4.69, 9.17) is 9.47 Å². The number of benzene rings is 1. The number of likely N-dealkylation sites (N-methyl/N-ethyl adjacent to an activating group) is 1. The van der Waals surface area contributed by atoms with Crippen LogP contribution in [0.25, 0.3) is 0 Å². The first kappa shape index (κ1) is 14.5. The minimum atomic E-state index is -0.326. The highest BCUT2D eigenvalue weighted by Gasteiger charge is 2.29. The lowest BCUT2D eigenvalue weighted by molar-refractivity contribution is -0.146. The van der Waals surface area contributed by atoms with E-state index in [9.17, 15) is 9.18 Å². The van der Waals surface area contributed by atoms with Gasteiger partial charge in [0.1, 0.15) is 23.9 Å². The SMILES string of the molecule is CN1C(=O)COCC1c1cnccc1Oc1ccc(F)cc1. The van der Waals surface area contributed by atoms with Crippen LogP contribution in [0.4, 0.5) is 4.39 Å². The molecule has 1 unspecified atom stereocenters. The second kappa shape index (κ2) is 6.11. The van der Waals surface area contributed by atoms with E-state index >= 15 is 0 Å². The van der Waals surface area contributed by atoms with Gasteiger partial charge in [-0.2, -0.15) is 0 Å². The lowest BCUT2D eigenvalue weighted by Crippen LogP contribution is -2.41. The van der Waals surface area contributed by atoms with E-state index in [0.717, 1.165) is 5.56 Å². The van der Waals surface area contributed by atoms with Gasteiger partial charge in [-0.25, -0.2) is 4.39 Å². The third-order valence-electron chi connectivity index (χ3n) is 3.57. The number of morpholine rings is 1. The summed E-state index contributed by atoms with van der Waals surface area (Å²) < 4.78 is 24.1. The first-order valence-electron chi connectivity index (χ1n) is 6.86. The molecule has 114 valence electrons. The summed E-state index contributed by atoms with van der Waals surface area (Å²) in [5.74, 6) is 0.664. The van der Waals surface area contributed by atoms with Gasteiger partial charge < -0.3 is 14.4 Å². The Morgan fingerprint density at radius 2 is 2.09 bits per heavy atom. The number of amides is 1. The van der Waals surface area contributed by atoms with Crippen molar-refractivity contribution in [1.29, 1.82) is 0 Å². The Labute approximate surface area is 127 Å². The summed E-state index contributed by atoms with van der Waals surface area (Å²) in [5.41, 5.74) is 0.752. The normalized spacial score (nSPS) is 18.4. The van der Waals surface area contributed by atoms with Gasteiger partial charge in [0.15, 0.2) is 0 Å². The molecule has 1 amide bonds. The second-order valence-corrected chi connectivity index (χ2v) is 5.01. The molecule has 22 heavy (non-hydrogen) atoms. The summed E-state index contributed by atoms with van der Waals surface area (Å²) >= 11 is 0. The fourth-order valence-corrected chi connectivity index (χ4v) is 2.31. The average molecular weight is 302 g/mol. The van der Waals surface area contributed by atoms with Crippen LogP contribution in [0.2, 0.25) is 0 Å². The van der Waals surface area contributed by atoms with Gasteiger partial charge in [-0.15, -0.1) is 0 Å². The van der Waals surface area contributed by atoms with E-state index in [2.05, 4.69) is 4.98 Å². The van der Waals surface area contributed by atoms with Crippen molar-refractivity contribution in [2.45, 2.75) is 6.04 Å². The minimum Gasteiger partial charge on any atom is -0.457 e. The van der Waals surface area contributed by atoms with Crippen LogP contribution in [-0.4, -0.2) is 36.1 Å². The zero-order valence-electron chi connectivity index (χ0n) is 12.0. The predicted octanol–water partition coefficient (Wildman–Crippen LogP) is 2.54. The highest BCUT2D eigenvalue weighted by Crippen LogP contribution is 2.33. The summed E-state index contributed by atoms with van der Waals surface area (Å²) in [7, 11) is 1.73. The molecule has 1 aromatic heterocycles. The molecule has 0 N–H and O–H groups in total. The second-order valence-electron chi connectivity index (χ2n) is 5.01. The molecule has 2 heterocycles. The van der Waals surface area contributed by atoms with Crippen LogP contribution < -0.4 is 4.74 Å². The van der Waals surface area contributed by atoms with Crippen molar-refractivity contribution in [2.75, 3.05) is 20.3 Å². The fraction of sp³-hybridized carbons (Fsp3) is 0.250. The fourth-order valence-electron chi connectivity index (χ4n) is 2.31. The number of hydrogen-bond acceptors (Lipinski definition) is 4. The van der Waals surface area contributed by atoms with E-state index in [-0.39, 0.29) is 24.4 Å². The van der Waals surface area contributed by atoms with Crippen molar-refractivity contribution in [1.82, 2.24) is 9.88 Å². The van der Waals surface area contributed by atoms with Crippen molar-refractivity contribution in [3.05, 3.63) is 54.1 Å². The molecule has 1 saturated heterocycles. The average Bonchev–Trinajstić information content (AvgIpc) is 2.53. The molecule has 6 heteroatoms. The molecule has 0 saturated carbocycles. The molecule has 5 nitrogen and oxygen atoms in total. The van der Waals surface area contributed by atoms with Crippen LogP contribution in [-0.2, 0) is 9.53 Å². The van der Waals surface area contributed by atoms with Crippen LogP contribution in [0.5, 0.6) is 11.5 Å². The van der Waals surface area contributed by atoms with Crippen molar-refractivity contribution < 1.29 is 18.7 Å². The number of aromatic nitrogens is 1. The number of hydrogen-bond donors (Lipinski definition) is 0. The maximum Gasteiger partial charge on any atom is 0.248 e. The first-order chi connectivity index (χ1) is 10.6. The third-order valence-corrected chi connectivity index (χ3v) is 3.57. The standard InChI is InChI=1S/C16H15FN2O3/c1-19-14(9-21-10-16(19)20)13-8-18-7-6-15(13)22-12-4-2-11(17)3-5-12/h2-8,14H,9-10H2,1H3. The maximum absolute atomic E-state index is 13.0. The lowest BCUT2D eigenvalue weighted by atomic mass is 10.1. The molecular formula is C16H15FN2O3. The number of carbonyl (C=O) groups is 1. The molecule has 1 fully saturated rings. The lowest BCUT2D eigenvalue weighted by Gasteiger charge is -2.33. The summed E-state index contributed by atoms with van der Waals surface area (Å²) in [6.45, 7) is 0.467. The molecule has 0 aliphatic carbocycles. The smallest absolute Gasteiger partial charge is 0.248 e. The molecule has 1 aliphatic heterocycles. The van der Waals surface area contributed by atoms with Gasteiger partial charge in [0.05, 0.1) is 12.6 Å². The van der Waals surface area contributed by atoms with Crippen molar-refractivity contribution in [3.63, 3.8) is 0 Å². The van der Waals surface area contributed by atoms with Gasteiger partial charge in [0.2, 0.25) is 5.91 Å². The highest BCUT2D eigenvalue weighted by atomic mass is 19.1. The number of halogens is 1. The van der Waals surface area contributed by atoms with Crippen LogP contribution in [0.1, 0.15) is 11.6 Å². The van der Waals surface area contributed by atoms with Gasteiger partial charge in [-0.3, -0.25) is 9.78 Å². The molecule has 1 aliphatic rings. The van der Waals surface area contributed by atoms with Crippen LogP contribution in [0.3, 0.4) is 0 Å². The molecular weight excluding hydrogens is 287 g/mol. The quantitative estimate of drug-likeness (QED) is 0.874. The Hall–Kier alpha value is -2.47. The van der Waals surface area contributed by atoms with Gasteiger partial charge in [-0.05, 0) is 30.3 Å². The Morgan fingerprint density at radius 1 is 1.32 bits per heavy atom. The number of nitrogens with zero attached hydrogens (tertiary/aromatic N) is 2. The van der Waals surface area contributed by atoms with Gasteiger partial charge in [-0.1, -0.05) is 0 Å². The number of ether oxygens (including phenoxy) is 2. The summed E-state index contributed by atoms with van der Waals surface area (Å²) in [6.07, 6.45) is 3.26. The minimum absolute atomic E-state index is 0.0847. The van der Waals surface area contributed by atoms with Crippen molar-refractivity contribution in [3.8, 4) is 11.5 Å². The molecule has 0 spiro atoms. The van der Waals surface area contributed by atoms with Crippen molar-refractivity contribution >= 4 is 5.91 Å². The molecule has 1 atom stereocenters. The Kier molecular flexibility index (Phi) is 4.02. The molecule has 2 aromatic rings. The van der Waals surface area contributed by atoms with Crippen LogP contribution >= 0.6 is 0 Å². The largest absolute Gasteiger partial charge is 0.457 e. The third kappa shape index (κ3) is 2.92. The Morgan fingerprint density at radius 3 is 2.86 bits per heavy atom. The van der Waals surface area contributed by atoms with Crippen LogP contribution in [0.15, 0.2) is 42.7 Å². The van der Waals surface area contributed by atoms with E-state index in [1.165, 1.54) is 12.1 Å². The van der Waals surface area contributed by atoms with Gasteiger partial charge >= 0.3 is 0 Å². The molecule has 1 aromatic carbocycles. The van der Waals surface area contributed by atoms with Gasteiger partial charge in [0, 0.05) is 25.0 Å². The summed E-state index contributed by atoms with van der Waals surface area (Å²) in [4.78, 5) is 17.5. The van der Waals surface area contributed by atoms with Crippen molar-refractivity contribution in [2.24, 2.45) is 0 Å². The van der Waals surface area contributed by atoms with E-state index in [1.54, 1.807) is 42.5 Å². The van der Waals surface area contributed by atoms with E-state index in [1.807, 2.05) is 0 Å². The highest BCUT2D eigenvalue weighted by molar-refractivity contribution is 5.78. The van der Waals surface area contributed by atoms with Gasteiger partial charge in [0.25, 0.3) is 0 Å². The molecule has 3 rings (SSSR count). The van der Waals surface area contributed by atoms with Crippen LogP contribution in [0, 0.1) is 5.82 Å². The number of carbonyl (C=O) groups excluding carboxylic acids is 1. The van der Waals surface area contributed by atoms with E-state index < -0.39 is 0 Å². The molecule has 0 radical (unpaired) electrons.